The second-order valence-electron chi connectivity index (χ2n) is 4.05. The molecule has 2 atom stereocenters. The van der Waals surface area contributed by atoms with E-state index in [0.717, 1.165) is 6.26 Å². The molecule has 0 unspecified atom stereocenters. The lowest BCUT2D eigenvalue weighted by Gasteiger charge is -2.26. The molecule has 6 nitrogen and oxygen atoms in total. The van der Waals surface area contributed by atoms with Crippen molar-refractivity contribution >= 4 is 5.91 Å². The molecule has 2 N–H and O–H groups in total. The van der Waals surface area contributed by atoms with Gasteiger partial charge in [-0.05, 0) is 6.07 Å². The van der Waals surface area contributed by atoms with Gasteiger partial charge in [-0.1, -0.05) is 0 Å². The Labute approximate surface area is 97.8 Å². The Bertz CT molecular complexity index is 450. The van der Waals surface area contributed by atoms with Crippen LogP contribution in [-0.4, -0.2) is 48.2 Å². The lowest BCUT2D eigenvalue weighted by Crippen LogP contribution is -2.44. The minimum absolute atomic E-state index is 0.255. The summed E-state index contributed by atoms with van der Waals surface area (Å²) in [5.41, 5.74) is -0.196. The van der Waals surface area contributed by atoms with E-state index in [1.165, 1.54) is 17.0 Å². The number of likely N-dealkylation sites (N-methyl/N-ethyl adjacent to an activating group) is 1. The van der Waals surface area contributed by atoms with Crippen LogP contribution in [0.2, 0.25) is 0 Å². The highest BCUT2D eigenvalue weighted by Crippen LogP contribution is 2.11. The standard InChI is InChI=1S/C11H14N2O4/c1-13(8-4-12-5-9(8)14)11(16)7-2-3-10(15)17-6-7/h2-3,6,8-9,12,14H,4-5H2,1H3/t8-,9-/m1/s1. The third-order valence-electron chi connectivity index (χ3n) is 2.92. The maximum absolute atomic E-state index is 12.0. The van der Waals surface area contributed by atoms with Crippen LogP contribution >= 0.6 is 0 Å². The van der Waals surface area contributed by atoms with Crippen LogP contribution in [0.1, 0.15) is 10.4 Å². The van der Waals surface area contributed by atoms with Crippen molar-refractivity contribution in [3.63, 3.8) is 0 Å². The smallest absolute Gasteiger partial charge is 0.335 e. The van der Waals surface area contributed by atoms with E-state index < -0.39 is 11.7 Å². The fraction of sp³-hybridized carbons (Fsp3) is 0.455. The van der Waals surface area contributed by atoms with E-state index in [4.69, 9.17) is 0 Å². The van der Waals surface area contributed by atoms with Crippen LogP contribution in [0, 0.1) is 0 Å². The topological polar surface area (TPSA) is 82.8 Å². The highest BCUT2D eigenvalue weighted by Gasteiger charge is 2.31. The summed E-state index contributed by atoms with van der Waals surface area (Å²) in [5, 5.41) is 12.7. The molecular weight excluding hydrogens is 224 g/mol. The molecule has 1 aliphatic rings. The average molecular weight is 238 g/mol. The minimum Gasteiger partial charge on any atom is -0.430 e. The van der Waals surface area contributed by atoms with Crippen LogP contribution in [-0.2, 0) is 0 Å². The summed E-state index contributed by atoms with van der Waals surface area (Å²) in [5.74, 6) is -0.276. The van der Waals surface area contributed by atoms with Crippen LogP contribution < -0.4 is 10.9 Å². The van der Waals surface area contributed by atoms with E-state index >= 15 is 0 Å². The third kappa shape index (κ3) is 2.37. The molecule has 2 rings (SSSR count). The molecule has 17 heavy (non-hydrogen) atoms. The molecule has 0 aliphatic carbocycles. The summed E-state index contributed by atoms with van der Waals surface area (Å²) in [7, 11) is 1.62. The van der Waals surface area contributed by atoms with Crippen molar-refractivity contribution in [2.75, 3.05) is 20.1 Å². The van der Waals surface area contributed by atoms with Crippen molar-refractivity contribution < 1.29 is 14.3 Å². The van der Waals surface area contributed by atoms with Crippen molar-refractivity contribution in [3.05, 3.63) is 34.4 Å². The zero-order chi connectivity index (χ0) is 12.4. The number of hydrogen-bond acceptors (Lipinski definition) is 5. The van der Waals surface area contributed by atoms with Gasteiger partial charge in [-0.15, -0.1) is 0 Å². The number of nitrogens with zero attached hydrogens (tertiary/aromatic N) is 1. The van der Waals surface area contributed by atoms with E-state index in [0.29, 0.717) is 18.7 Å². The maximum Gasteiger partial charge on any atom is 0.335 e. The molecule has 0 aromatic carbocycles. The van der Waals surface area contributed by atoms with E-state index in [1.807, 2.05) is 0 Å². The number of hydrogen-bond donors (Lipinski definition) is 2. The Kier molecular flexibility index (Phi) is 3.26. The zero-order valence-electron chi connectivity index (χ0n) is 9.42. The minimum atomic E-state index is -0.570. The molecule has 1 aromatic rings. The van der Waals surface area contributed by atoms with Crippen molar-refractivity contribution in [1.29, 1.82) is 0 Å². The number of rotatable bonds is 2. The lowest BCUT2D eigenvalue weighted by molar-refractivity contribution is 0.0578. The Hall–Kier alpha value is -1.66. The van der Waals surface area contributed by atoms with Gasteiger partial charge in [0.15, 0.2) is 0 Å². The van der Waals surface area contributed by atoms with Gasteiger partial charge in [-0.3, -0.25) is 4.79 Å². The Morgan fingerprint density at radius 3 is 2.82 bits per heavy atom. The normalized spacial score (nSPS) is 23.6. The summed E-state index contributed by atoms with van der Waals surface area (Å²) >= 11 is 0. The van der Waals surface area contributed by atoms with Crippen LogP contribution in [0.15, 0.2) is 27.6 Å². The molecule has 1 amide bonds. The summed E-state index contributed by atoms with van der Waals surface area (Å²) < 4.78 is 4.64. The molecule has 0 saturated carbocycles. The molecule has 0 spiro atoms. The van der Waals surface area contributed by atoms with Gasteiger partial charge in [0.25, 0.3) is 5.91 Å². The lowest BCUT2D eigenvalue weighted by atomic mass is 10.1. The van der Waals surface area contributed by atoms with Crippen molar-refractivity contribution in [1.82, 2.24) is 10.2 Å². The maximum atomic E-state index is 12.0. The summed E-state index contributed by atoms with van der Waals surface area (Å²) in [6, 6.07) is 2.36. The second-order valence-corrected chi connectivity index (χ2v) is 4.05. The van der Waals surface area contributed by atoms with Gasteiger partial charge in [0.1, 0.15) is 6.26 Å². The molecule has 1 aromatic heterocycles. The summed E-state index contributed by atoms with van der Waals surface area (Å²) in [6.45, 7) is 1.03. The SMILES string of the molecule is CN(C(=O)c1ccc(=O)oc1)[C@@H]1CNC[C@H]1O. The molecule has 6 heteroatoms. The molecule has 1 aliphatic heterocycles. The van der Waals surface area contributed by atoms with Gasteiger partial charge in [-0.25, -0.2) is 4.79 Å². The van der Waals surface area contributed by atoms with Crippen molar-refractivity contribution in [2.24, 2.45) is 0 Å². The fourth-order valence-electron chi connectivity index (χ4n) is 1.88. The van der Waals surface area contributed by atoms with Crippen LogP contribution in [0.3, 0.4) is 0 Å². The van der Waals surface area contributed by atoms with Crippen molar-refractivity contribution in [2.45, 2.75) is 12.1 Å². The average Bonchev–Trinajstić information content (AvgIpc) is 2.74. The zero-order valence-corrected chi connectivity index (χ0v) is 9.42. The number of amides is 1. The molecule has 0 bridgehead atoms. The second kappa shape index (κ2) is 4.68. The quantitative estimate of drug-likeness (QED) is 0.693. The molecule has 1 fully saturated rings. The number of aliphatic hydroxyl groups excluding tert-OH is 1. The van der Waals surface area contributed by atoms with Gasteiger partial charge >= 0.3 is 5.63 Å². The fourth-order valence-corrected chi connectivity index (χ4v) is 1.88. The van der Waals surface area contributed by atoms with E-state index in [9.17, 15) is 14.7 Å². The van der Waals surface area contributed by atoms with Gasteiger partial charge < -0.3 is 19.7 Å². The Morgan fingerprint density at radius 1 is 1.53 bits per heavy atom. The first-order valence-corrected chi connectivity index (χ1v) is 5.34. The van der Waals surface area contributed by atoms with Gasteiger partial charge in [0.2, 0.25) is 0 Å². The number of nitrogens with one attached hydrogen (secondary N) is 1. The molecule has 1 saturated heterocycles. The third-order valence-corrected chi connectivity index (χ3v) is 2.92. The number of β-amino-alcohol motifs (C(OH)–C–C–N with tert-alkyl or cyclic N) is 1. The van der Waals surface area contributed by atoms with E-state index in [1.54, 1.807) is 7.05 Å². The number of aliphatic hydroxyl groups is 1. The Morgan fingerprint density at radius 2 is 2.29 bits per heavy atom. The van der Waals surface area contributed by atoms with Crippen LogP contribution in [0.4, 0.5) is 0 Å². The Balaban J connectivity index is 2.14. The van der Waals surface area contributed by atoms with Gasteiger partial charge in [0.05, 0.1) is 17.7 Å². The molecule has 92 valence electrons. The molecule has 0 radical (unpaired) electrons. The van der Waals surface area contributed by atoms with E-state index in [-0.39, 0.29) is 11.9 Å². The van der Waals surface area contributed by atoms with Crippen LogP contribution in [0.5, 0.6) is 0 Å². The first kappa shape index (κ1) is 11.8. The largest absolute Gasteiger partial charge is 0.430 e. The molecule has 2 heterocycles. The summed E-state index contributed by atoms with van der Waals surface area (Å²) in [6.07, 6.45) is 0.565. The van der Waals surface area contributed by atoms with Crippen molar-refractivity contribution in [3.8, 4) is 0 Å². The highest BCUT2D eigenvalue weighted by atomic mass is 16.4. The monoisotopic (exact) mass is 238 g/mol. The number of carbonyl (C=O) groups excluding carboxylic acids is 1. The number of carbonyl (C=O) groups is 1. The highest BCUT2D eigenvalue weighted by molar-refractivity contribution is 5.93. The first-order valence-electron chi connectivity index (χ1n) is 5.34. The predicted octanol–water partition coefficient (Wildman–Crippen LogP) is -0.955. The first-order chi connectivity index (χ1) is 8.09. The van der Waals surface area contributed by atoms with Crippen LogP contribution in [0.25, 0.3) is 0 Å². The predicted molar refractivity (Wildman–Crippen MR) is 59.7 cm³/mol. The molecular formula is C11H14N2O4. The van der Waals surface area contributed by atoms with Gasteiger partial charge in [-0.2, -0.15) is 0 Å². The van der Waals surface area contributed by atoms with E-state index in [2.05, 4.69) is 9.73 Å². The summed E-state index contributed by atoms with van der Waals surface area (Å²) in [4.78, 5) is 24.3. The van der Waals surface area contributed by atoms with Gasteiger partial charge in [0, 0.05) is 26.2 Å².